The Kier molecular flexibility index (Phi) is 5.56. The number of pyridine rings is 2. The van der Waals surface area contributed by atoms with Crippen LogP contribution in [0.5, 0.6) is 5.75 Å². The minimum absolute atomic E-state index is 0.162. The molecule has 0 fully saturated rings. The number of benzene rings is 2. The maximum atomic E-state index is 12.4. The van der Waals surface area contributed by atoms with Crippen molar-refractivity contribution in [2.45, 2.75) is 6.42 Å². The Morgan fingerprint density at radius 3 is 2.32 bits per heavy atom. The van der Waals surface area contributed by atoms with Gasteiger partial charge in [0, 0.05) is 23.3 Å². The number of ether oxygens (including phenoxy) is 1. The van der Waals surface area contributed by atoms with E-state index in [0.717, 1.165) is 22.3 Å². The molecular formula is C24H18N4O3. The molecule has 2 aromatic heterocycles. The van der Waals surface area contributed by atoms with Gasteiger partial charge in [0.2, 0.25) is 0 Å². The first-order valence-corrected chi connectivity index (χ1v) is 9.49. The molecule has 0 aliphatic carbocycles. The van der Waals surface area contributed by atoms with Gasteiger partial charge in [-0.25, -0.2) is 10.5 Å². The van der Waals surface area contributed by atoms with Gasteiger partial charge in [0.05, 0.1) is 30.7 Å². The number of methoxy groups -OCH3 is 1. The molecule has 31 heavy (non-hydrogen) atoms. The maximum Gasteiger partial charge on any atom is 0.279 e. The monoisotopic (exact) mass is 410 g/mol. The van der Waals surface area contributed by atoms with Gasteiger partial charge >= 0.3 is 0 Å². The quantitative estimate of drug-likeness (QED) is 0.378. The second-order valence-electron chi connectivity index (χ2n) is 6.81. The maximum absolute atomic E-state index is 12.4. The van der Waals surface area contributed by atoms with Gasteiger partial charge in [-0.15, -0.1) is 0 Å². The molecule has 0 spiro atoms. The lowest BCUT2D eigenvalue weighted by Gasteiger charge is -2.15. The lowest BCUT2D eigenvalue weighted by Crippen LogP contribution is -2.20. The molecule has 1 amide bonds. The van der Waals surface area contributed by atoms with Crippen LogP contribution in [-0.2, 0) is 6.42 Å². The molecule has 2 aromatic carbocycles. The number of nitrogens with one attached hydrogen (secondary N) is 1. The van der Waals surface area contributed by atoms with E-state index >= 15 is 0 Å². The number of carbonyl (C=O) groups excluding carboxylic acids is 1. The average Bonchev–Trinajstić information content (AvgIpc) is 2.83. The summed E-state index contributed by atoms with van der Waals surface area (Å²) < 4.78 is 5.52. The van der Waals surface area contributed by atoms with E-state index in [2.05, 4.69) is 16.0 Å². The number of aromatic nitrogens is 2. The number of hydrogen-bond donors (Lipinski definition) is 2. The van der Waals surface area contributed by atoms with Crippen molar-refractivity contribution in [1.82, 2.24) is 15.4 Å². The van der Waals surface area contributed by atoms with Gasteiger partial charge in [0.25, 0.3) is 5.91 Å². The van der Waals surface area contributed by atoms with Gasteiger partial charge < -0.3 is 4.74 Å². The van der Waals surface area contributed by atoms with Crippen LogP contribution < -0.4 is 10.2 Å². The van der Waals surface area contributed by atoms with Gasteiger partial charge in [0.1, 0.15) is 5.69 Å². The lowest BCUT2D eigenvalue weighted by molar-refractivity contribution is 0.0705. The first-order chi connectivity index (χ1) is 15.2. The van der Waals surface area contributed by atoms with E-state index in [4.69, 9.17) is 10.00 Å². The van der Waals surface area contributed by atoms with E-state index < -0.39 is 5.91 Å². The first-order valence-electron chi connectivity index (χ1n) is 9.49. The molecule has 2 N–H and O–H groups in total. The zero-order valence-corrected chi connectivity index (χ0v) is 16.7. The molecule has 0 aliphatic rings. The largest absolute Gasteiger partial charge is 0.494 e. The normalized spacial score (nSPS) is 10.5. The van der Waals surface area contributed by atoms with Crippen LogP contribution in [0.2, 0.25) is 0 Å². The number of nitrogens with zero attached hydrogens (tertiary/aromatic N) is 3. The standard InChI is InChI=1S/C24H18N4O3/c1-31-23-21(24(29)28-30)19-14-26-13-11-20(19)27-22(23)18-8-6-17(7-9-18)16-4-2-15(3-5-16)10-12-25/h2-9,11,13-14,30H,10H2,1H3,(H,28,29). The van der Waals surface area contributed by atoms with Crippen molar-refractivity contribution < 1.29 is 14.7 Å². The fourth-order valence-corrected chi connectivity index (χ4v) is 3.49. The Hall–Kier alpha value is -4.28. The fraction of sp³-hybridized carbons (Fsp3) is 0.0833. The molecule has 7 nitrogen and oxygen atoms in total. The predicted octanol–water partition coefficient (Wildman–Crippen LogP) is 4.16. The van der Waals surface area contributed by atoms with Crippen LogP contribution in [0.4, 0.5) is 0 Å². The van der Waals surface area contributed by atoms with E-state index in [-0.39, 0.29) is 11.3 Å². The minimum Gasteiger partial charge on any atom is -0.494 e. The van der Waals surface area contributed by atoms with Gasteiger partial charge in [-0.1, -0.05) is 48.5 Å². The third-order valence-electron chi connectivity index (χ3n) is 5.00. The molecule has 0 unspecified atom stereocenters. The van der Waals surface area contributed by atoms with Crippen molar-refractivity contribution in [3.63, 3.8) is 0 Å². The van der Waals surface area contributed by atoms with Crippen LogP contribution >= 0.6 is 0 Å². The summed E-state index contributed by atoms with van der Waals surface area (Å²) in [6.45, 7) is 0. The highest BCUT2D eigenvalue weighted by Gasteiger charge is 2.22. The Labute approximate surface area is 178 Å². The molecule has 4 rings (SSSR count). The summed E-state index contributed by atoms with van der Waals surface area (Å²) in [5.41, 5.74) is 6.63. The Balaban J connectivity index is 1.80. The van der Waals surface area contributed by atoms with Crippen LogP contribution in [0.25, 0.3) is 33.3 Å². The van der Waals surface area contributed by atoms with Crippen molar-refractivity contribution in [3.8, 4) is 34.2 Å². The summed E-state index contributed by atoms with van der Waals surface area (Å²) in [6.07, 6.45) is 3.48. The third kappa shape index (κ3) is 3.80. The topological polar surface area (TPSA) is 108 Å². The van der Waals surface area contributed by atoms with Crippen LogP contribution in [0, 0.1) is 11.3 Å². The number of nitriles is 1. The Morgan fingerprint density at radius 2 is 1.71 bits per heavy atom. The van der Waals surface area contributed by atoms with Crippen molar-refractivity contribution in [1.29, 1.82) is 5.26 Å². The van der Waals surface area contributed by atoms with Crippen LogP contribution in [-0.4, -0.2) is 28.2 Å². The molecule has 0 aliphatic heterocycles. The molecule has 0 saturated carbocycles. The van der Waals surface area contributed by atoms with Gasteiger partial charge in [-0.3, -0.25) is 15.0 Å². The lowest BCUT2D eigenvalue weighted by atomic mass is 9.99. The van der Waals surface area contributed by atoms with Crippen molar-refractivity contribution in [3.05, 3.63) is 78.1 Å². The van der Waals surface area contributed by atoms with Crippen molar-refractivity contribution >= 4 is 16.8 Å². The molecule has 4 aromatic rings. The second-order valence-corrected chi connectivity index (χ2v) is 6.81. The molecule has 2 heterocycles. The molecular weight excluding hydrogens is 392 g/mol. The molecule has 0 atom stereocenters. The predicted molar refractivity (Wildman–Crippen MR) is 116 cm³/mol. The summed E-state index contributed by atoms with van der Waals surface area (Å²) in [5.74, 6) is -0.451. The number of rotatable bonds is 5. The average molecular weight is 410 g/mol. The zero-order valence-electron chi connectivity index (χ0n) is 16.7. The summed E-state index contributed by atoms with van der Waals surface area (Å²) in [6, 6.07) is 19.4. The van der Waals surface area contributed by atoms with E-state index in [1.54, 1.807) is 17.7 Å². The number of hydrogen-bond acceptors (Lipinski definition) is 6. The van der Waals surface area contributed by atoms with E-state index in [0.29, 0.717) is 23.0 Å². The Bertz CT molecular complexity index is 1290. The van der Waals surface area contributed by atoms with Crippen LogP contribution in [0.3, 0.4) is 0 Å². The second kappa shape index (κ2) is 8.61. The number of hydroxylamine groups is 1. The van der Waals surface area contributed by atoms with Crippen molar-refractivity contribution in [2.24, 2.45) is 0 Å². The van der Waals surface area contributed by atoms with Crippen LogP contribution in [0.15, 0.2) is 67.0 Å². The van der Waals surface area contributed by atoms with Crippen LogP contribution in [0.1, 0.15) is 15.9 Å². The number of fused-ring (bicyclic) bond motifs is 1. The summed E-state index contributed by atoms with van der Waals surface area (Å²) >= 11 is 0. The van der Waals surface area contributed by atoms with Gasteiger partial charge in [-0.2, -0.15) is 5.26 Å². The van der Waals surface area contributed by atoms with E-state index in [1.807, 2.05) is 48.5 Å². The van der Waals surface area contributed by atoms with E-state index in [9.17, 15) is 10.0 Å². The van der Waals surface area contributed by atoms with Gasteiger partial charge in [-0.05, 0) is 22.8 Å². The SMILES string of the molecule is COc1c(-c2ccc(-c3ccc(CC#N)cc3)cc2)nc2ccncc2c1C(=O)NO. The zero-order chi connectivity index (χ0) is 21.8. The molecule has 7 heteroatoms. The molecule has 152 valence electrons. The highest BCUT2D eigenvalue weighted by atomic mass is 16.5. The number of amides is 1. The smallest absolute Gasteiger partial charge is 0.279 e. The minimum atomic E-state index is -0.701. The fourth-order valence-electron chi connectivity index (χ4n) is 3.49. The number of carbonyl (C=O) groups is 1. The Morgan fingerprint density at radius 1 is 1.06 bits per heavy atom. The third-order valence-corrected chi connectivity index (χ3v) is 5.00. The molecule has 0 bridgehead atoms. The van der Waals surface area contributed by atoms with Crippen molar-refractivity contribution in [2.75, 3.05) is 7.11 Å². The van der Waals surface area contributed by atoms with Gasteiger partial charge in [0.15, 0.2) is 5.75 Å². The van der Waals surface area contributed by atoms with E-state index in [1.165, 1.54) is 13.3 Å². The molecule has 0 radical (unpaired) electrons. The first kappa shape index (κ1) is 20.0. The summed E-state index contributed by atoms with van der Waals surface area (Å²) in [4.78, 5) is 21.1. The summed E-state index contributed by atoms with van der Waals surface area (Å²) in [7, 11) is 1.45. The highest BCUT2D eigenvalue weighted by Crippen LogP contribution is 2.36. The highest BCUT2D eigenvalue weighted by molar-refractivity contribution is 6.09. The summed E-state index contributed by atoms with van der Waals surface area (Å²) in [5, 5.41) is 18.5. The molecule has 0 saturated heterocycles.